The fourth-order valence-corrected chi connectivity index (χ4v) is 4.01. The Balaban J connectivity index is 1.54. The van der Waals surface area contributed by atoms with Crippen LogP contribution in [0.1, 0.15) is 11.3 Å². The quantitative estimate of drug-likeness (QED) is 0.338. The largest absolute Gasteiger partial charge is 0.465 e. The van der Waals surface area contributed by atoms with E-state index in [0.717, 1.165) is 10.5 Å². The van der Waals surface area contributed by atoms with Gasteiger partial charge < -0.3 is 10.1 Å². The van der Waals surface area contributed by atoms with Crippen molar-refractivity contribution < 1.29 is 14.3 Å². The van der Waals surface area contributed by atoms with E-state index in [1.807, 2.05) is 0 Å². The fraction of sp³-hybridized carbons (Fsp3) is 0.0833. The van der Waals surface area contributed by atoms with Crippen LogP contribution in [-0.4, -0.2) is 38.4 Å². The zero-order valence-corrected chi connectivity index (χ0v) is 18.5. The van der Waals surface area contributed by atoms with Crippen LogP contribution in [0.15, 0.2) is 59.4 Å². The summed E-state index contributed by atoms with van der Waals surface area (Å²) in [6, 6.07) is 14.9. The Bertz CT molecular complexity index is 1650. The van der Waals surface area contributed by atoms with Gasteiger partial charge in [0.15, 0.2) is 0 Å². The minimum Gasteiger partial charge on any atom is -0.465 e. The van der Waals surface area contributed by atoms with Crippen molar-refractivity contribution >= 4 is 45.4 Å². The summed E-state index contributed by atoms with van der Waals surface area (Å²) in [4.78, 5) is 31.5. The Morgan fingerprint density at radius 3 is 2.74 bits per heavy atom. The molecular weight excluding hydrogens is 461 g/mol. The molecule has 170 valence electrons. The van der Waals surface area contributed by atoms with Crippen LogP contribution in [0.2, 0.25) is 5.02 Å². The van der Waals surface area contributed by atoms with Crippen molar-refractivity contribution in [2.24, 2.45) is 0 Å². The number of halogens is 2. The molecule has 0 aliphatic carbocycles. The van der Waals surface area contributed by atoms with Crippen LogP contribution < -0.4 is 10.5 Å². The highest BCUT2D eigenvalue weighted by molar-refractivity contribution is 6.31. The zero-order valence-electron chi connectivity index (χ0n) is 17.8. The minimum absolute atomic E-state index is 0.170. The lowest BCUT2D eigenvalue weighted by Gasteiger charge is -2.09. The van der Waals surface area contributed by atoms with Crippen molar-refractivity contribution in [1.29, 1.82) is 0 Å². The Hall–Kier alpha value is -4.24. The van der Waals surface area contributed by atoms with E-state index in [1.54, 1.807) is 48.5 Å². The smallest absolute Gasteiger partial charge is 0.413 e. The van der Waals surface area contributed by atoms with Gasteiger partial charge in [-0.2, -0.15) is 5.10 Å². The fourth-order valence-electron chi connectivity index (χ4n) is 3.84. The molecule has 34 heavy (non-hydrogen) atoms. The number of aromatic nitrogens is 4. The molecule has 0 unspecified atom stereocenters. The Labute approximate surface area is 196 Å². The number of nitrogens with zero attached hydrogens (tertiary/aromatic N) is 3. The molecule has 5 aromatic rings. The van der Waals surface area contributed by atoms with Crippen LogP contribution in [0.3, 0.4) is 0 Å². The number of imidazole rings is 1. The highest BCUT2D eigenvalue weighted by atomic mass is 35.5. The molecule has 3 aromatic carbocycles. The van der Waals surface area contributed by atoms with Gasteiger partial charge in [-0.15, -0.1) is 0 Å². The monoisotopic (exact) mass is 477 g/mol. The third-order valence-electron chi connectivity index (χ3n) is 5.62. The molecule has 3 N–H and O–H groups in total. The molecule has 2 heterocycles. The third-order valence-corrected chi connectivity index (χ3v) is 5.85. The summed E-state index contributed by atoms with van der Waals surface area (Å²) in [5.74, 6) is -0.239. The van der Waals surface area contributed by atoms with Gasteiger partial charge in [0.05, 0.1) is 22.1 Å². The molecule has 0 radical (unpaired) electrons. The first-order valence-electron chi connectivity index (χ1n) is 10.2. The van der Waals surface area contributed by atoms with E-state index < -0.39 is 11.9 Å². The number of rotatable bonds is 4. The Morgan fingerprint density at radius 1 is 1.12 bits per heavy atom. The van der Waals surface area contributed by atoms with Gasteiger partial charge in [0.2, 0.25) is 5.95 Å². The van der Waals surface area contributed by atoms with Gasteiger partial charge in [0.25, 0.3) is 5.56 Å². The lowest BCUT2D eigenvalue weighted by Crippen LogP contribution is -2.24. The number of hydrogen-bond acceptors (Lipinski definition) is 4. The van der Waals surface area contributed by atoms with Gasteiger partial charge in [-0.3, -0.25) is 9.69 Å². The number of carbonyl (C=O) groups is 1. The molecule has 10 heteroatoms. The summed E-state index contributed by atoms with van der Waals surface area (Å²) in [6.07, 6.45) is -0.802. The molecule has 5 rings (SSSR count). The van der Waals surface area contributed by atoms with Crippen LogP contribution in [0.5, 0.6) is 0 Å². The van der Waals surface area contributed by atoms with Crippen molar-refractivity contribution in [3.63, 3.8) is 0 Å². The zero-order chi connectivity index (χ0) is 24.0. The number of anilines is 1. The topological polar surface area (TPSA) is 115 Å². The normalized spacial score (nSPS) is 11.3. The molecule has 0 aliphatic rings. The van der Waals surface area contributed by atoms with E-state index in [9.17, 15) is 14.0 Å². The van der Waals surface area contributed by atoms with Crippen LogP contribution in [0.4, 0.5) is 15.1 Å². The molecule has 0 fully saturated rings. The maximum absolute atomic E-state index is 14.8. The highest BCUT2D eigenvalue weighted by Crippen LogP contribution is 2.29. The summed E-state index contributed by atoms with van der Waals surface area (Å²) in [5, 5.41) is 17.4. The number of benzene rings is 3. The number of carboxylic acid groups (broad SMARTS) is 1. The van der Waals surface area contributed by atoms with E-state index in [0.29, 0.717) is 50.1 Å². The van der Waals surface area contributed by atoms with E-state index >= 15 is 0 Å². The number of nitrogens with one attached hydrogen (secondary N) is 2. The molecular formula is C24H17ClFN5O3. The number of aromatic amines is 2. The molecule has 0 atom stereocenters. The predicted molar refractivity (Wildman–Crippen MR) is 128 cm³/mol. The maximum atomic E-state index is 14.8. The van der Waals surface area contributed by atoms with Crippen molar-refractivity contribution in [2.45, 2.75) is 6.42 Å². The molecule has 0 saturated carbocycles. The minimum atomic E-state index is -1.15. The first-order valence-corrected chi connectivity index (χ1v) is 10.6. The first kappa shape index (κ1) is 21.6. The predicted octanol–water partition coefficient (Wildman–Crippen LogP) is 4.96. The highest BCUT2D eigenvalue weighted by Gasteiger charge is 2.15. The average Bonchev–Trinajstić information content (AvgIpc) is 3.24. The molecule has 1 amide bonds. The SMILES string of the molecule is CN(C(=O)O)c1nc2ccc(-c3cc(Cc4n[nH]c(=O)c5ccc(Cl)cc45)ccc3F)cc2[nH]1. The van der Waals surface area contributed by atoms with Crippen molar-refractivity contribution in [1.82, 2.24) is 20.2 Å². The van der Waals surface area contributed by atoms with Crippen molar-refractivity contribution in [2.75, 3.05) is 11.9 Å². The summed E-state index contributed by atoms with van der Waals surface area (Å²) in [7, 11) is 1.38. The lowest BCUT2D eigenvalue weighted by molar-refractivity contribution is 0.203. The molecule has 0 aliphatic heterocycles. The number of hydrogen-bond donors (Lipinski definition) is 3. The summed E-state index contributed by atoms with van der Waals surface area (Å²) in [6.45, 7) is 0. The van der Waals surface area contributed by atoms with Gasteiger partial charge in [-0.25, -0.2) is 19.3 Å². The molecule has 0 bridgehead atoms. The summed E-state index contributed by atoms with van der Waals surface area (Å²) >= 11 is 6.13. The standard InChI is InChI=1S/C24H17ClFN5O3/c1-31(24(33)34)23-27-19-7-3-13(10-21(19)28-23)16-8-12(2-6-18(16)26)9-20-17-11-14(25)4-5-15(17)22(32)30-29-20/h2-8,10-11H,9H2,1H3,(H,27,28)(H,30,32)(H,33,34). The van der Waals surface area contributed by atoms with E-state index in [2.05, 4.69) is 20.2 Å². The average molecular weight is 478 g/mol. The van der Waals surface area contributed by atoms with E-state index in [1.165, 1.54) is 13.1 Å². The number of H-pyrrole nitrogens is 2. The third kappa shape index (κ3) is 3.86. The van der Waals surface area contributed by atoms with Gasteiger partial charge in [0, 0.05) is 29.4 Å². The lowest BCUT2D eigenvalue weighted by atomic mass is 9.98. The van der Waals surface area contributed by atoms with Gasteiger partial charge in [0.1, 0.15) is 5.82 Å². The first-order chi connectivity index (χ1) is 16.3. The maximum Gasteiger partial charge on any atom is 0.413 e. The Kier molecular flexibility index (Phi) is 5.25. The number of amides is 1. The second kappa shape index (κ2) is 8.27. The van der Waals surface area contributed by atoms with Crippen LogP contribution in [-0.2, 0) is 6.42 Å². The molecule has 8 nitrogen and oxygen atoms in total. The molecule has 2 aromatic heterocycles. The van der Waals surface area contributed by atoms with Gasteiger partial charge >= 0.3 is 6.09 Å². The second-order valence-electron chi connectivity index (χ2n) is 7.81. The Morgan fingerprint density at radius 2 is 1.94 bits per heavy atom. The van der Waals surface area contributed by atoms with Gasteiger partial charge in [-0.05, 0) is 53.6 Å². The van der Waals surface area contributed by atoms with Crippen LogP contribution in [0, 0.1) is 5.82 Å². The van der Waals surface area contributed by atoms with Crippen LogP contribution in [0.25, 0.3) is 32.9 Å². The molecule has 0 spiro atoms. The van der Waals surface area contributed by atoms with Crippen molar-refractivity contribution in [3.8, 4) is 11.1 Å². The van der Waals surface area contributed by atoms with E-state index in [4.69, 9.17) is 16.7 Å². The molecule has 0 saturated heterocycles. The number of fused-ring (bicyclic) bond motifs is 2. The second-order valence-corrected chi connectivity index (χ2v) is 8.25. The van der Waals surface area contributed by atoms with E-state index in [-0.39, 0.29) is 11.5 Å². The summed E-state index contributed by atoms with van der Waals surface area (Å²) < 4.78 is 14.8. The van der Waals surface area contributed by atoms with Gasteiger partial charge in [-0.1, -0.05) is 23.7 Å². The van der Waals surface area contributed by atoms with Crippen molar-refractivity contribution in [3.05, 3.63) is 87.0 Å². The van der Waals surface area contributed by atoms with Crippen LogP contribution >= 0.6 is 11.6 Å². The summed E-state index contributed by atoms with van der Waals surface area (Å²) in [5.41, 5.74) is 3.19.